The van der Waals surface area contributed by atoms with Gasteiger partial charge < -0.3 is 9.84 Å². The Kier molecular flexibility index (Phi) is 8.66. The number of aryl methyl sites for hydroxylation is 1. The molecule has 13 heteroatoms. The number of phenols is 1. The molecule has 0 amide bonds. The minimum atomic E-state index is -1.21. The fraction of sp³-hybridized carbons (Fsp3) is 0.333. The van der Waals surface area contributed by atoms with Gasteiger partial charge in [-0.1, -0.05) is 18.2 Å². The van der Waals surface area contributed by atoms with Crippen LogP contribution in [-0.4, -0.2) is 57.0 Å². The summed E-state index contributed by atoms with van der Waals surface area (Å²) in [5, 5.41) is 40.2. The summed E-state index contributed by atoms with van der Waals surface area (Å²) < 4.78 is 5.32. The van der Waals surface area contributed by atoms with E-state index in [-0.39, 0.29) is 0 Å². The normalized spacial score (nSPS) is 13.7. The molecule has 0 radical (unpaired) electrons. The molecule has 0 aliphatic carbocycles. The number of thioether (sulfide) groups is 1. The van der Waals surface area contributed by atoms with Crippen molar-refractivity contribution >= 4 is 28.8 Å². The molecule has 1 saturated heterocycles. The molecule has 31 heavy (non-hydrogen) atoms. The van der Waals surface area contributed by atoms with Crippen molar-refractivity contribution < 1.29 is 24.6 Å². The van der Waals surface area contributed by atoms with E-state index in [0.29, 0.717) is 12.1 Å². The van der Waals surface area contributed by atoms with E-state index in [0.717, 1.165) is 32.2 Å². The van der Waals surface area contributed by atoms with Gasteiger partial charge in [0, 0.05) is 23.9 Å². The van der Waals surface area contributed by atoms with Gasteiger partial charge in [-0.25, -0.2) is 0 Å². The van der Waals surface area contributed by atoms with Crippen molar-refractivity contribution in [2.75, 3.05) is 32.2 Å². The summed E-state index contributed by atoms with van der Waals surface area (Å²) in [6, 6.07) is 9.45. The Labute approximate surface area is 180 Å². The molecule has 2 aromatic carbocycles. The highest BCUT2D eigenvalue weighted by atomic mass is 32.2. The van der Waals surface area contributed by atoms with E-state index in [4.69, 9.17) is 9.84 Å². The third-order valence-electron chi connectivity index (χ3n) is 4.26. The van der Waals surface area contributed by atoms with Gasteiger partial charge in [0.15, 0.2) is 0 Å². The summed E-state index contributed by atoms with van der Waals surface area (Å²) in [6.45, 7) is 6.07. The molecule has 3 rings (SSSR count). The highest BCUT2D eigenvalue weighted by molar-refractivity contribution is 7.99. The van der Waals surface area contributed by atoms with Crippen molar-refractivity contribution in [1.82, 2.24) is 4.90 Å². The van der Waals surface area contributed by atoms with E-state index in [9.17, 15) is 30.3 Å². The average Bonchev–Trinajstić information content (AvgIpc) is 2.74. The van der Waals surface area contributed by atoms with Gasteiger partial charge in [-0.2, -0.15) is 0 Å². The number of nitrogens with zero attached hydrogens (tertiary/aromatic N) is 4. The Hall–Kier alpha value is -3.29. The standard InChI is InChI=1S/C12H17NOS.C6H3N3O7/c1-11-4-2-3-5-12(11)15-10-13-6-8-14-9-7-13;10-6-4(8(13)14)1-3(7(11)12)2-5(6)9(15)16/h2-5H,6-10H2,1H3;1-2,10H. The predicted molar refractivity (Wildman–Crippen MR) is 112 cm³/mol. The van der Waals surface area contributed by atoms with Gasteiger partial charge in [-0.15, -0.1) is 11.8 Å². The minimum absolute atomic E-state index is 0.447. The number of ether oxygens (including phenoxy) is 1. The number of hydrogen-bond donors (Lipinski definition) is 1. The summed E-state index contributed by atoms with van der Waals surface area (Å²) in [5.74, 6) is -0.130. The first-order valence-corrected chi connectivity index (χ1v) is 9.98. The maximum Gasteiger partial charge on any atom is 0.324 e. The van der Waals surface area contributed by atoms with Crippen LogP contribution in [0.15, 0.2) is 41.3 Å². The Morgan fingerprint density at radius 3 is 2.03 bits per heavy atom. The number of morpholine rings is 1. The smallest absolute Gasteiger partial charge is 0.324 e. The second-order valence-electron chi connectivity index (χ2n) is 6.37. The quantitative estimate of drug-likeness (QED) is 0.390. The van der Waals surface area contributed by atoms with Gasteiger partial charge in [-0.3, -0.25) is 35.2 Å². The largest absolute Gasteiger partial charge is 0.497 e. The molecule has 2 aromatic rings. The van der Waals surface area contributed by atoms with Gasteiger partial charge in [0.1, 0.15) is 0 Å². The molecule has 1 N–H and O–H groups in total. The molecule has 1 aliphatic heterocycles. The fourth-order valence-electron chi connectivity index (χ4n) is 2.58. The molecule has 1 fully saturated rings. The Morgan fingerprint density at radius 2 is 1.55 bits per heavy atom. The van der Waals surface area contributed by atoms with E-state index < -0.39 is 37.6 Å². The number of hydrogen-bond acceptors (Lipinski definition) is 10. The van der Waals surface area contributed by atoms with Crippen molar-refractivity contribution in [2.24, 2.45) is 0 Å². The molecule has 1 aliphatic rings. The zero-order chi connectivity index (χ0) is 23.0. The van der Waals surface area contributed by atoms with Crippen molar-refractivity contribution in [3.63, 3.8) is 0 Å². The summed E-state index contributed by atoms with van der Waals surface area (Å²) in [6.07, 6.45) is 0. The van der Waals surface area contributed by atoms with Crippen LogP contribution in [0.2, 0.25) is 0 Å². The lowest BCUT2D eigenvalue weighted by Gasteiger charge is -2.26. The Bertz CT molecular complexity index is 930. The van der Waals surface area contributed by atoms with Crippen molar-refractivity contribution in [3.05, 3.63) is 72.3 Å². The van der Waals surface area contributed by atoms with Crippen molar-refractivity contribution in [2.45, 2.75) is 11.8 Å². The molecule has 0 atom stereocenters. The molecule has 12 nitrogen and oxygen atoms in total. The van der Waals surface area contributed by atoms with Gasteiger partial charge in [0.05, 0.1) is 40.1 Å². The van der Waals surface area contributed by atoms with Gasteiger partial charge >= 0.3 is 11.4 Å². The highest BCUT2D eigenvalue weighted by Crippen LogP contribution is 2.38. The molecular weight excluding hydrogens is 432 g/mol. The molecule has 0 unspecified atom stereocenters. The molecular formula is C18H20N4O8S. The van der Waals surface area contributed by atoms with E-state index >= 15 is 0 Å². The SMILES string of the molecule is Cc1ccccc1SCN1CCOCC1.O=[N+]([O-])c1cc([N+](=O)[O-])c(O)c([N+](=O)[O-])c1. The zero-order valence-corrected chi connectivity index (χ0v) is 17.3. The summed E-state index contributed by atoms with van der Waals surface area (Å²) in [7, 11) is 0. The number of phenolic OH excluding ortho intramolecular Hbond substituents is 1. The van der Waals surface area contributed by atoms with Gasteiger partial charge in [0.25, 0.3) is 11.4 Å². The average molecular weight is 452 g/mol. The molecule has 0 spiro atoms. The topological polar surface area (TPSA) is 162 Å². The molecule has 166 valence electrons. The lowest BCUT2D eigenvalue weighted by atomic mass is 10.2. The first kappa shape index (κ1) is 24.0. The fourth-order valence-corrected chi connectivity index (χ4v) is 3.63. The summed E-state index contributed by atoms with van der Waals surface area (Å²) in [4.78, 5) is 31.6. The minimum Gasteiger partial charge on any atom is -0.497 e. The monoisotopic (exact) mass is 452 g/mol. The van der Waals surface area contributed by atoms with Crippen LogP contribution in [0.1, 0.15) is 5.56 Å². The number of rotatable bonds is 6. The third kappa shape index (κ3) is 6.87. The van der Waals surface area contributed by atoms with E-state index in [2.05, 4.69) is 36.1 Å². The van der Waals surface area contributed by atoms with E-state index in [1.54, 1.807) is 0 Å². The number of aromatic hydroxyl groups is 1. The maximum absolute atomic E-state index is 10.4. The second-order valence-corrected chi connectivity index (χ2v) is 7.36. The number of non-ortho nitro benzene ring substituents is 1. The second kappa shape index (κ2) is 11.2. The van der Waals surface area contributed by atoms with E-state index in [1.165, 1.54) is 10.5 Å². The third-order valence-corrected chi connectivity index (χ3v) is 5.52. The first-order chi connectivity index (χ1) is 14.7. The summed E-state index contributed by atoms with van der Waals surface area (Å²) >= 11 is 1.92. The maximum atomic E-state index is 10.4. The number of benzene rings is 2. The zero-order valence-electron chi connectivity index (χ0n) is 16.5. The highest BCUT2D eigenvalue weighted by Gasteiger charge is 2.30. The first-order valence-electron chi connectivity index (χ1n) is 8.99. The Morgan fingerprint density at radius 1 is 1.00 bits per heavy atom. The van der Waals surface area contributed by atoms with Crippen LogP contribution in [0.5, 0.6) is 5.75 Å². The van der Waals surface area contributed by atoms with Crippen LogP contribution >= 0.6 is 11.8 Å². The van der Waals surface area contributed by atoms with Crippen LogP contribution in [0.3, 0.4) is 0 Å². The lowest BCUT2D eigenvalue weighted by Crippen LogP contribution is -2.35. The van der Waals surface area contributed by atoms with Crippen molar-refractivity contribution in [3.8, 4) is 5.75 Å². The molecule has 0 saturated carbocycles. The summed E-state index contributed by atoms with van der Waals surface area (Å²) in [5.41, 5.74) is -1.63. The number of nitro groups is 3. The molecule has 0 aromatic heterocycles. The van der Waals surface area contributed by atoms with Crippen LogP contribution in [0.4, 0.5) is 17.1 Å². The molecule has 1 heterocycles. The lowest BCUT2D eigenvalue weighted by molar-refractivity contribution is -0.404. The Balaban J connectivity index is 0.000000220. The predicted octanol–water partition coefficient (Wildman–Crippen LogP) is 3.49. The van der Waals surface area contributed by atoms with Crippen LogP contribution in [-0.2, 0) is 4.74 Å². The van der Waals surface area contributed by atoms with Crippen LogP contribution in [0, 0.1) is 37.3 Å². The van der Waals surface area contributed by atoms with Crippen LogP contribution in [0.25, 0.3) is 0 Å². The van der Waals surface area contributed by atoms with Gasteiger partial charge in [0.2, 0.25) is 0 Å². The van der Waals surface area contributed by atoms with Crippen LogP contribution < -0.4 is 0 Å². The number of nitro benzene ring substituents is 3. The van der Waals surface area contributed by atoms with Crippen molar-refractivity contribution in [1.29, 1.82) is 0 Å². The molecule has 0 bridgehead atoms. The van der Waals surface area contributed by atoms with Gasteiger partial charge in [-0.05, 0) is 18.6 Å². The van der Waals surface area contributed by atoms with E-state index in [1.807, 2.05) is 11.8 Å².